The number of methoxy groups -OCH3 is 6. The number of aromatic nitrogens is 2. The highest BCUT2D eigenvalue weighted by Gasteiger charge is 2.24. The molecule has 34 heavy (non-hydrogen) atoms. The maximum absolute atomic E-state index is 5.59. The molecular formula is C26H30N2O6. The molecule has 8 heteroatoms. The van der Waals surface area contributed by atoms with E-state index >= 15 is 0 Å². The van der Waals surface area contributed by atoms with E-state index in [2.05, 4.69) is 0 Å². The van der Waals surface area contributed by atoms with Crippen LogP contribution in [0.5, 0.6) is 34.5 Å². The van der Waals surface area contributed by atoms with E-state index < -0.39 is 0 Å². The van der Waals surface area contributed by atoms with E-state index in [-0.39, 0.29) is 0 Å². The van der Waals surface area contributed by atoms with Crippen LogP contribution in [0.4, 0.5) is 0 Å². The fourth-order valence-electron chi connectivity index (χ4n) is 4.33. The van der Waals surface area contributed by atoms with Crippen LogP contribution in [0, 0.1) is 0 Å². The highest BCUT2D eigenvalue weighted by molar-refractivity contribution is 5.82. The van der Waals surface area contributed by atoms with E-state index in [1.54, 1.807) is 42.7 Å². The minimum absolute atomic E-state index is 0.522. The van der Waals surface area contributed by atoms with Gasteiger partial charge in [0, 0.05) is 11.1 Å². The second-order valence-electron chi connectivity index (χ2n) is 7.85. The average molecular weight is 467 g/mol. The summed E-state index contributed by atoms with van der Waals surface area (Å²) in [5, 5.41) is 0. The number of ether oxygens (including phenoxy) is 6. The molecule has 1 aliphatic rings. The fraction of sp³-hybridized carbons (Fsp3) is 0.385. The molecule has 0 aliphatic heterocycles. The first kappa shape index (κ1) is 23.5. The molecule has 1 aliphatic carbocycles. The van der Waals surface area contributed by atoms with Gasteiger partial charge < -0.3 is 28.4 Å². The molecule has 1 aromatic heterocycles. The van der Waals surface area contributed by atoms with Crippen LogP contribution in [0.2, 0.25) is 0 Å². The SMILES string of the molecule is COc1cc(-c2nc3c(nc2-c2cc(OC)c(OC)c(OC)c2)CCCC3)cc(OC)c1OC. The molecule has 8 nitrogen and oxygen atoms in total. The summed E-state index contributed by atoms with van der Waals surface area (Å²) >= 11 is 0. The van der Waals surface area contributed by atoms with Crippen molar-refractivity contribution in [2.24, 2.45) is 0 Å². The Morgan fingerprint density at radius 2 is 0.824 bits per heavy atom. The molecule has 0 unspecified atom stereocenters. The topological polar surface area (TPSA) is 81.2 Å². The van der Waals surface area contributed by atoms with E-state index in [4.69, 9.17) is 38.4 Å². The van der Waals surface area contributed by atoms with Crippen molar-refractivity contribution in [3.05, 3.63) is 35.7 Å². The van der Waals surface area contributed by atoms with Crippen molar-refractivity contribution in [3.8, 4) is 57.0 Å². The molecule has 0 atom stereocenters. The van der Waals surface area contributed by atoms with Crippen molar-refractivity contribution in [3.63, 3.8) is 0 Å². The predicted molar refractivity (Wildman–Crippen MR) is 129 cm³/mol. The van der Waals surface area contributed by atoms with Crippen LogP contribution < -0.4 is 28.4 Å². The van der Waals surface area contributed by atoms with E-state index in [9.17, 15) is 0 Å². The minimum Gasteiger partial charge on any atom is -0.493 e. The van der Waals surface area contributed by atoms with Crippen molar-refractivity contribution in [2.75, 3.05) is 42.7 Å². The molecular weight excluding hydrogens is 436 g/mol. The molecule has 2 aromatic carbocycles. The second-order valence-corrected chi connectivity index (χ2v) is 7.85. The van der Waals surface area contributed by atoms with Crippen LogP contribution in [0.25, 0.3) is 22.5 Å². The number of hydrogen-bond donors (Lipinski definition) is 0. The Balaban J connectivity index is 2.01. The molecule has 3 aromatic rings. The lowest BCUT2D eigenvalue weighted by atomic mass is 9.97. The summed E-state index contributed by atoms with van der Waals surface area (Å²) in [5.74, 6) is 3.24. The van der Waals surface area contributed by atoms with Crippen molar-refractivity contribution in [2.45, 2.75) is 25.7 Å². The van der Waals surface area contributed by atoms with Crippen molar-refractivity contribution < 1.29 is 28.4 Å². The lowest BCUT2D eigenvalue weighted by Gasteiger charge is -2.20. The standard InChI is InChI=1S/C26H30N2O6/c1-29-19-11-15(12-20(30-2)25(19)33-5)23-24(28-18-10-8-7-9-17(18)27-23)16-13-21(31-3)26(34-6)22(14-16)32-4/h11-14H,7-10H2,1-6H3. The van der Waals surface area contributed by atoms with Crippen LogP contribution in [-0.4, -0.2) is 52.6 Å². The van der Waals surface area contributed by atoms with Crippen LogP contribution in [-0.2, 0) is 12.8 Å². The summed E-state index contributed by atoms with van der Waals surface area (Å²) in [7, 11) is 9.55. The third-order valence-corrected chi connectivity index (χ3v) is 6.00. The highest BCUT2D eigenvalue weighted by atomic mass is 16.5. The quantitative estimate of drug-likeness (QED) is 0.471. The molecule has 0 fully saturated rings. The van der Waals surface area contributed by atoms with Crippen molar-refractivity contribution in [1.29, 1.82) is 0 Å². The Bertz CT molecular complexity index is 1050. The molecule has 0 N–H and O–H groups in total. The predicted octanol–water partition coefficient (Wildman–Crippen LogP) is 4.74. The van der Waals surface area contributed by atoms with Crippen molar-refractivity contribution in [1.82, 2.24) is 9.97 Å². The Labute approximate surface area is 199 Å². The van der Waals surface area contributed by atoms with Gasteiger partial charge in [-0.25, -0.2) is 9.97 Å². The van der Waals surface area contributed by atoms with Gasteiger partial charge in [0.2, 0.25) is 11.5 Å². The van der Waals surface area contributed by atoms with E-state index in [1.165, 1.54) is 0 Å². The lowest BCUT2D eigenvalue weighted by Crippen LogP contribution is -2.11. The van der Waals surface area contributed by atoms with Gasteiger partial charge in [-0.2, -0.15) is 0 Å². The Hall–Kier alpha value is -3.68. The molecule has 4 rings (SSSR count). The third kappa shape index (κ3) is 4.16. The fourth-order valence-corrected chi connectivity index (χ4v) is 4.33. The van der Waals surface area contributed by atoms with Gasteiger partial charge in [-0.05, 0) is 49.9 Å². The second kappa shape index (κ2) is 10.1. The third-order valence-electron chi connectivity index (χ3n) is 6.00. The van der Waals surface area contributed by atoms with Crippen molar-refractivity contribution >= 4 is 0 Å². The highest BCUT2D eigenvalue weighted by Crippen LogP contribution is 2.45. The number of benzene rings is 2. The normalized spacial score (nSPS) is 12.5. The summed E-state index contributed by atoms with van der Waals surface area (Å²) in [5.41, 5.74) is 5.08. The zero-order valence-corrected chi connectivity index (χ0v) is 20.5. The number of nitrogens with zero attached hydrogens (tertiary/aromatic N) is 2. The Kier molecular flexibility index (Phi) is 6.95. The van der Waals surface area contributed by atoms with Gasteiger partial charge in [0.15, 0.2) is 23.0 Å². The molecule has 0 bridgehead atoms. The van der Waals surface area contributed by atoms with Crippen LogP contribution in [0.3, 0.4) is 0 Å². The Morgan fingerprint density at radius 3 is 1.09 bits per heavy atom. The van der Waals surface area contributed by atoms with E-state index in [0.717, 1.165) is 48.2 Å². The zero-order valence-electron chi connectivity index (χ0n) is 20.5. The number of aryl methyl sites for hydroxylation is 2. The smallest absolute Gasteiger partial charge is 0.203 e. The maximum atomic E-state index is 5.59. The molecule has 180 valence electrons. The minimum atomic E-state index is 0.522. The molecule has 0 saturated carbocycles. The van der Waals surface area contributed by atoms with Gasteiger partial charge >= 0.3 is 0 Å². The van der Waals surface area contributed by atoms with Gasteiger partial charge in [-0.1, -0.05) is 0 Å². The van der Waals surface area contributed by atoms with Gasteiger partial charge in [-0.3, -0.25) is 0 Å². The monoisotopic (exact) mass is 466 g/mol. The molecule has 0 radical (unpaired) electrons. The molecule has 1 heterocycles. The number of fused-ring (bicyclic) bond motifs is 1. The van der Waals surface area contributed by atoms with Gasteiger partial charge in [0.1, 0.15) is 0 Å². The first-order chi connectivity index (χ1) is 16.6. The zero-order chi connectivity index (χ0) is 24.2. The lowest BCUT2D eigenvalue weighted by molar-refractivity contribution is 0.324. The summed E-state index contributed by atoms with van der Waals surface area (Å²) in [6, 6.07) is 7.56. The Morgan fingerprint density at radius 1 is 0.500 bits per heavy atom. The van der Waals surface area contributed by atoms with Crippen LogP contribution in [0.1, 0.15) is 24.2 Å². The van der Waals surface area contributed by atoms with Crippen LogP contribution >= 0.6 is 0 Å². The van der Waals surface area contributed by atoms with Gasteiger partial charge in [0.05, 0.1) is 65.4 Å². The van der Waals surface area contributed by atoms with E-state index in [1.807, 2.05) is 24.3 Å². The summed E-state index contributed by atoms with van der Waals surface area (Å²) < 4.78 is 33.4. The van der Waals surface area contributed by atoms with Crippen LogP contribution in [0.15, 0.2) is 24.3 Å². The van der Waals surface area contributed by atoms with E-state index in [0.29, 0.717) is 45.9 Å². The maximum Gasteiger partial charge on any atom is 0.203 e. The number of rotatable bonds is 8. The summed E-state index contributed by atoms with van der Waals surface area (Å²) in [4.78, 5) is 10.2. The molecule has 0 amide bonds. The number of hydrogen-bond acceptors (Lipinski definition) is 8. The summed E-state index contributed by atoms with van der Waals surface area (Å²) in [6.07, 6.45) is 3.99. The average Bonchev–Trinajstić information content (AvgIpc) is 2.90. The van der Waals surface area contributed by atoms with Gasteiger partial charge in [-0.15, -0.1) is 0 Å². The first-order valence-electron chi connectivity index (χ1n) is 11.1. The largest absolute Gasteiger partial charge is 0.493 e. The molecule has 0 spiro atoms. The summed E-state index contributed by atoms with van der Waals surface area (Å²) in [6.45, 7) is 0. The van der Waals surface area contributed by atoms with Gasteiger partial charge in [0.25, 0.3) is 0 Å². The first-order valence-corrected chi connectivity index (χ1v) is 11.1. The molecule has 0 saturated heterocycles.